The Hall–Kier alpha value is -2.61. The van der Waals surface area contributed by atoms with Crippen LogP contribution >= 0.6 is 15.9 Å². The molecule has 7 nitrogen and oxygen atoms in total. The molecule has 1 heterocycles. The highest BCUT2D eigenvalue weighted by atomic mass is 79.9. The van der Waals surface area contributed by atoms with Crippen LogP contribution in [0.4, 0.5) is 5.69 Å². The van der Waals surface area contributed by atoms with Crippen molar-refractivity contribution >= 4 is 33.4 Å². The number of rotatable bonds is 3. The Morgan fingerprint density at radius 3 is 2.67 bits per heavy atom. The van der Waals surface area contributed by atoms with E-state index in [-0.39, 0.29) is 17.0 Å². The van der Waals surface area contributed by atoms with Gasteiger partial charge in [-0.05, 0) is 40.2 Å². The lowest BCUT2D eigenvalue weighted by Crippen LogP contribution is -2.16. The first-order valence-corrected chi connectivity index (χ1v) is 6.58. The van der Waals surface area contributed by atoms with E-state index in [2.05, 4.69) is 31.4 Å². The van der Waals surface area contributed by atoms with Gasteiger partial charge in [-0.15, -0.1) is 0 Å². The molecule has 21 heavy (non-hydrogen) atoms. The van der Waals surface area contributed by atoms with Crippen LogP contribution in [0.25, 0.3) is 0 Å². The van der Waals surface area contributed by atoms with Crippen LogP contribution in [0, 0.1) is 0 Å². The van der Waals surface area contributed by atoms with Crippen LogP contribution in [0.2, 0.25) is 0 Å². The molecule has 0 spiro atoms. The molecule has 0 radical (unpaired) electrons. The number of hydrogen-bond acceptors (Lipinski definition) is 4. The maximum absolute atomic E-state index is 12.0. The molecule has 1 aromatic carbocycles. The number of nitrogens with zero attached hydrogens (tertiary/aromatic N) is 1. The molecular formula is C13H11BrN4O3. The lowest BCUT2D eigenvalue weighted by atomic mass is 10.2. The van der Waals surface area contributed by atoms with Gasteiger partial charge in [-0.3, -0.25) is 9.59 Å². The maximum Gasteiger partial charge on any atom is 0.255 e. The highest BCUT2D eigenvalue weighted by Crippen LogP contribution is 2.24. The van der Waals surface area contributed by atoms with Gasteiger partial charge in [-0.2, -0.15) is 0 Å². The summed E-state index contributed by atoms with van der Waals surface area (Å²) < 4.78 is 0.560. The van der Waals surface area contributed by atoms with Gasteiger partial charge in [-0.25, -0.2) is 0 Å². The summed E-state index contributed by atoms with van der Waals surface area (Å²) in [4.78, 5) is 25.6. The summed E-state index contributed by atoms with van der Waals surface area (Å²) in [6.45, 7) is 0. The molecule has 0 fully saturated rings. The van der Waals surface area contributed by atoms with Crippen molar-refractivity contribution in [2.75, 3.05) is 5.32 Å². The first-order chi connectivity index (χ1) is 10.0. The monoisotopic (exact) mass is 350 g/mol. The average Bonchev–Trinajstić information content (AvgIpc) is 2.48. The fraction of sp³-hybridized carbons (Fsp3) is 0. The van der Waals surface area contributed by atoms with Crippen molar-refractivity contribution < 1.29 is 10.0 Å². The number of nitrogens with two attached hydrogens (primary N) is 1. The van der Waals surface area contributed by atoms with Crippen molar-refractivity contribution in [3.8, 4) is 0 Å². The van der Waals surface area contributed by atoms with E-state index in [0.717, 1.165) is 0 Å². The predicted octanol–water partition coefficient (Wildman–Crippen LogP) is 1.48. The molecule has 0 saturated carbocycles. The van der Waals surface area contributed by atoms with Gasteiger partial charge >= 0.3 is 0 Å². The van der Waals surface area contributed by atoms with Gasteiger partial charge in [0.15, 0.2) is 5.84 Å². The van der Waals surface area contributed by atoms with E-state index in [0.29, 0.717) is 15.7 Å². The van der Waals surface area contributed by atoms with Crippen molar-refractivity contribution in [1.82, 2.24) is 4.98 Å². The second kappa shape index (κ2) is 6.23. The van der Waals surface area contributed by atoms with Crippen molar-refractivity contribution in [2.24, 2.45) is 10.9 Å². The van der Waals surface area contributed by atoms with Crippen molar-refractivity contribution in [3.63, 3.8) is 0 Å². The number of halogens is 1. The Bertz CT molecular complexity index is 770. The van der Waals surface area contributed by atoms with E-state index in [1.54, 1.807) is 18.2 Å². The van der Waals surface area contributed by atoms with Crippen molar-refractivity contribution in [1.29, 1.82) is 0 Å². The van der Waals surface area contributed by atoms with Crippen LogP contribution in [0.3, 0.4) is 0 Å². The fourth-order valence-electron chi connectivity index (χ4n) is 1.61. The van der Waals surface area contributed by atoms with Gasteiger partial charge in [0.05, 0.1) is 5.69 Å². The van der Waals surface area contributed by atoms with Crippen LogP contribution in [0.1, 0.15) is 15.9 Å². The molecule has 0 aliphatic heterocycles. The number of carbonyl (C=O) groups is 1. The van der Waals surface area contributed by atoms with E-state index >= 15 is 0 Å². The molecule has 0 saturated heterocycles. The number of anilines is 1. The van der Waals surface area contributed by atoms with E-state index in [1.165, 1.54) is 18.3 Å². The predicted molar refractivity (Wildman–Crippen MR) is 81.7 cm³/mol. The third-order valence-corrected chi connectivity index (χ3v) is 3.31. The fourth-order valence-corrected chi connectivity index (χ4v) is 2.09. The zero-order valence-corrected chi connectivity index (χ0v) is 12.2. The smallest absolute Gasteiger partial charge is 0.255 e. The Kier molecular flexibility index (Phi) is 4.39. The van der Waals surface area contributed by atoms with Gasteiger partial charge in [0.25, 0.3) is 5.91 Å². The molecule has 2 aromatic rings. The standard InChI is InChI=1S/C13H11BrN4O3/c14-9-5-7(12(15)18-21)1-2-10(9)17-13(20)8-3-4-16-11(19)6-8/h1-6,21H,(H2,15,18)(H,16,19)(H,17,20). The minimum absolute atomic E-state index is 0.0387. The van der Waals surface area contributed by atoms with Gasteiger partial charge in [-0.1, -0.05) is 5.16 Å². The Labute approximate surface area is 127 Å². The van der Waals surface area contributed by atoms with E-state index in [9.17, 15) is 9.59 Å². The largest absolute Gasteiger partial charge is 0.409 e. The van der Waals surface area contributed by atoms with Crippen LogP contribution in [0.15, 0.2) is 51.0 Å². The zero-order valence-electron chi connectivity index (χ0n) is 10.6. The number of amides is 1. The molecule has 0 bridgehead atoms. The van der Waals surface area contributed by atoms with Gasteiger partial charge in [0, 0.05) is 27.9 Å². The number of H-pyrrole nitrogens is 1. The van der Waals surface area contributed by atoms with Gasteiger partial charge < -0.3 is 21.2 Å². The molecule has 0 aliphatic carbocycles. The number of aromatic nitrogens is 1. The third kappa shape index (κ3) is 3.48. The topological polar surface area (TPSA) is 121 Å². The van der Waals surface area contributed by atoms with E-state index < -0.39 is 5.91 Å². The number of carbonyl (C=O) groups excluding carboxylic acids is 1. The summed E-state index contributed by atoms with van der Waals surface area (Å²) in [7, 11) is 0. The molecule has 1 aromatic heterocycles. The lowest BCUT2D eigenvalue weighted by Gasteiger charge is -2.08. The molecular weight excluding hydrogens is 340 g/mol. The lowest BCUT2D eigenvalue weighted by molar-refractivity contribution is 0.102. The van der Waals surface area contributed by atoms with E-state index in [1.807, 2.05) is 0 Å². The number of pyridine rings is 1. The number of aromatic amines is 1. The molecule has 5 N–H and O–H groups in total. The van der Waals surface area contributed by atoms with Crippen LogP contribution < -0.4 is 16.6 Å². The van der Waals surface area contributed by atoms with E-state index in [4.69, 9.17) is 10.9 Å². The average molecular weight is 351 g/mol. The maximum atomic E-state index is 12.0. The summed E-state index contributed by atoms with van der Waals surface area (Å²) >= 11 is 3.29. The number of nitrogens with one attached hydrogen (secondary N) is 2. The number of amidine groups is 1. The summed E-state index contributed by atoms with van der Waals surface area (Å²) in [6, 6.07) is 7.49. The molecule has 1 amide bonds. The summed E-state index contributed by atoms with van der Waals surface area (Å²) in [5, 5.41) is 14.2. The van der Waals surface area contributed by atoms with Crippen LogP contribution in [-0.4, -0.2) is 21.9 Å². The van der Waals surface area contributed by atoms with Crippen molar-refractivity contribution in [3.05, 3.63) is 62.5 Å². The zero-order chi connectivity index (χ0) is 15.4. The molecule has 0 atom stereocenters. The molecule has 8 heteroatoms. The quantitative estimate of drug-likeness (QED) is 0.290. The van der Waals surface area contributed by atoms with Gasteiger partial charge in [0.2, 0.25) is 5.56 Å². The Morgan fingerprint density at radius 1 is 1.29 bits per heavy atom. The summed E-state index contributed by atoms with van der Waals surface area (Å²) in [5.41, 5.74) is 6.35. The second-order valence-electron chi connectivity index (χ2n) is 4.08. The molecule has 2 rings (SSSR count). The Balaban J connectivity index is 2.24. The second-order valence-corrected chi connectivity index (χ2v) is 4.93. The minimum atomic E-state index is -0.418. The number of hydrogen-bond donors (Lipinski definition) is 4. The first kappa shape index (κ1) is 14.8. The minimum Gasteiger partial charge on any atom is -0.409 e. The van der Waals surface area contributed by atoms with Gasteiger partial charge in [0.1, 0.15) is 0 Å². The third-order valence-electron chi connectivity index (χ3n) is 2.66. The highest BCUT2D eigenvalue weighted by Gasteiger charge is 2.10. The van der Waals surface area contributed by atoms with Crippen LogP contribution in [0.5, 0.6) is 0 Å². The van der Waals surface area contributed by atoms with Crippen LogP contribution in [-0.2, 0) is 0 Å². The number of oxime groups is 1. The van der Waals surface area contributed by atoms with Crippen molar-refractivity contribution in [2.45, 2.75) is 0 Å². The molecule has 108 valence electrons. The number of benzene rings is 1. The summed E-state index contributed by atoms with van der Waals surface area (Å²) in [6.07, 6.45) is 1.40. The normalized spacial score (nSPS) is 11.2. The SMILES string of the molecule is N/C(=N/O)c1ccc(NC(=O)c2cc[nH]c(=O)c2)c(Br)c1. The Morgan fingerprint density at radius 2 is 2.05 bits per heavy atom. The summed E-state index contributed by atoms with van der Waals surface area (Å²) in [5.74, 6) is -0.457. The highest BCUT2D eigenvalue weighted by molar-refractivity contribution is 9.10. The first-order valence-electron chi connectivity index (χ1n) is 5.79. The molecule has 0 aliphatic rings. The molecule has 0 unspecified atom stereocenters.